The van der Waals surface area contributed by atoms with E-state index in [4.69, 9.17) is 15.2 Å². The number of amides is 5. The Morgan fingerprint density at radius 2 is 1.71 bits per heavy atom. The second-order valence-corrected chi connectivity index (χ2v) is 10.4. The Morgan fingerprint density at radius 1 is 1.02 bits per heavy atom. The maximum absolute atomic E-state index is 13.4. The zero-order valence-electron chi connectivity index (χ0n) is 24.2. The van der Waals surface area contributed by atoms with Gasteiger partial charge in [-0.3, -0.25) is 19.2 Å². The zero-order valence-corrected chi connectivity index (χ0v) is 24.2. The molecule has 13 heteroatoms. The van der Waals surface area contributed by atoms with E-state index in [0.29, 0.717) is 13.0 Å². The molecule has 6 N–H and O–H groups in total. The van der Waals surface area contributed by atoms with Crippen molar-refractivity contribution in [3.8, 4) is 0 Å². The molecule has 5 amide bonds. The molecule has 1 aliphatic heterocycles. The summed E-state index contributed by atoms with van der Waals surface area (Å²) in [5.74, 6) is -3.37. The van der Waals surface area contributed by atoms with Crippen LogP contribution in [0.3, 0.4) is 0 Å². The summed E-state index contributed by atoms with van der Waals surface area (Å²) < 4.78 is 10.1. The van der Waals surface area contributed by atoms with E-state index in [1.165, 1.54) is 12.2 Å². The Balaban J connectivity index is 2.13. The lowest BCUT2D eigenvalue weighted by Crippen LogP contribution is -2.56. The Morgan fingerprint density at radius 3 is 2.31 bits per heavy atom. The molecule has 0 bridgehead atoms. The highest BCUT2D eigenvalue weighted by Gasteiger charge is 2.31. The largest absolute Gasteiger partial charge is 0.463 e. The number of ether oxygens (including phenoxy) is 2. The van der Waals surface area contributed by atoms with Gasteiger partial charge in [-0.25, -0.2) is 9.59 Å². The molecule has 0 aliphatic carbocycles. The number of alkyl carbamates (subject to hydrolysis) is 1. The molecule has 0 unspecified atom stereocenters. The molecule has 1 aromatic rings. The smallest absolute Gasteiger partial charge is 0.408 e. The highest BCUT2D eigenvalue weighted by Crippen LogP contribution is 2.17. The van der Waals surface area contributed by atoms with Crippen LogP contribution in [0.15, 0.2) is 42.5 Å². The monoisotopic (exact) mass is 587 g/mol. The molecule has 42 heavy (non-hydrogen) atoms. The van der Waals surface area contributed by atoms with Crippen LogP contribution in [0, 0.1) is 11.8 Å². The maximum Gasteiger partial charge on any atom is 0.408 e. The Labute approximate surface area is 245 Å². The highest BCUT2D eigenvalue weighted by molar-refractivity contribution is 5.94. The standard InChI is InChI=1S/C29H41N5O8/c1-4-41-25(36)11-10-21(15-20-12-13-31-26(20)37)32-27(38)22(14-18(2)3)33-28(39)23(16-24(30)35)34-29(40)42-17-19-8-6-5-7-9-19/h5-11,18,20-23H,4,12-17H2,1-3H3,(H2,30,35)(H,31,37)(H,32,38)(H,33,39)(H,34,40)/b11-10+/t20-,21+,22-,23-/m0/s1. The van der Waals surface area contributed by atoms with Crippen LogP contribution in [-0.2, 0) is 40.1 Å². The number of hydrogen-bond donors (Lipinski definition) is 5. The van der Waals surface area contributed by atoms with Crippen molar-refractivity contribution < 1.29 is 38.2 Å². The van der Waals surface area contributed by atoms with Crippen molar-refractivity contribution in [2.75, 3.05) is 13.2 Å². The molecule has 1 aliphatic rings. The average molecular weight is 588 g/mol. The first kappa shape index (κ1) is 33.8. The van der Waals surface area contributed by atoms with Crippen molar-refractivity contribution in [1.82, 2.24) is 21.3 Å². The van der Waals surface area contributed by atoms with E-state index >= 15 is 0 Å². The van der Waals surface area contributed by atoms with E-state index in [2.05, 4.69) is 21.3 Å². The molecular formula is C29H41N5O8. The van der Waals surface area contributed by atoms with Crippen LogP contribution in [-0.4, -0.2) is 67.0 Å². The van der Waals surface area contributed by atoms with Gasteiger partial charge in [0, 0.05) is 24.6 Å². The number of carbonyl (C=O) groups excluding carboxylic acids is 6. The quantitative estimate of drug-likeness (QED) is 0.138. The molecule has 1 fully saturated rings. The Kier molecular flexibility index (Phi) is 14.0. The Hall–Kier alpha value is -4.42. The molecule has 1 saturated heterocycles. The van der Waals surface area contributed by atoms with Crippen molar-refractivity contribution in [3.63, 3.8) is 0 Å². The number of benzene rings is 1. The fraction of sp³-hybridized carbons (Fsp3) is 0.517. The second-order valence-electron chi connectivity index (χ2n) is 10.4. The van der Waals surface area contributed by atoms with Gasteiger partial charge in [0.25, 0.3) is 0 Å². The van der Waals surface area contributed by atoms with Gasteiger partial charge in [0.2, 0.25) is 23.6 Å². The summed E-state index contributed by atoms with van der Waals surface area (Å²) in [6.07, 6.45) is 2.20. The van der Waals surface area contributed by atoms with E-state index in [1.807, 2.05) is 19.9 Å². The first-order valence-corrected chi connectivity index (χ1v) is 14.0. The summed E-state index contributed by atoms with van der Waals surface area (Å²) in [5, 5.41) is 10.5. The van der Waals surface area contributed by atoms with Crippen LogP contribution in [0.25, 0.3) is 0 Å². The van der Waals surface area contributed by atoms with Gasteiger partial charge in [-0.15, -0.1) is 0 Å². The van der Waals surface area contributed by atoms with Gasteiger partial charge in [0.1, 0.15) is 18.7 Å². The molecule has 1 aromatic carbocycles. The van der Waals surface area contributed by atoms with Crippen molar-refractivity contribution >= 4 is 35.7 Å². The van der Waals surface area contributed by atoms with Gasteiger partial charge in [-0.2, -0.15) is 0 Å². The van der Waals surface area contributed by atoms with E-state index < -0.39 is 54.3 Å². The predicted molar refractivity (Wildman–Crippen MR) is 152 cm³/mol. The molecule has 2 rings (SSSR count). The minimum atomic E-state index is -1.39. The van der Waals surface area contributed by atoms with Crippen LogP contribution >= 0.6 is 0 Å². The fourth-order valence-corrected chi connectivity index (χ4v) is 4.32. The van der Waals surface area contributed by atoms with Crippen LogP contribution in [0.2, 0.25) is 0 Å². The van der Waals surface area contributed by atoms with E-state index in [-0.39, 0.29) is 43.8 Å². The van der Waals surface area contributed by atoms with E-state index in [1.54, 1.807) is 31.2 Å². The lowest BCUT2D eigenvalue weighted by molar-refractivity contribution is -0.137. The minimum Gasteiger partial charge on any atom is -0.463 e. The van der Waals surface area contributed by atoms with Crippen LogP contribution in [0.4, 0.5) is 4.79 Å². The summed E-state index contributed by atoms with van der Waals surface area (Å²) in [7, 11) is 0. The number of rotatable bonds is 16. The summed E-state index contributed by atoms with van der Waals surface area (Å²) in [5.41, 5.74) is 6.03. The normalized spacial score (nSPS) is 16.7. The van der Waals surface area contributed by atoms with Gasteiger partial charge in [0.15, 0.2) is 0 Å². The molecule has 0 radical (unpaired) electrons. The molecule has 0 saturated carbocycles. The number of nitrogens with two attached hydrogens (primary N) is 1. The first-order chi connectivity index (χ1) is 20.0. The summed E-state index contributed by atoms with van der Waals surface area (Å²) in [6.45, 7) is 6.00. The summed E-state index contributed by atoms with van der Waals surface area (Å²) >= 11 is 0. The zero-order chi connectivity index (χ0) is 31.1. The van der Waals surface area contributed by atoms with Gasteiger partial charge in [-0.1, -0.05) is 50.3 Å². The molecular weight excluding hydrogens is 546 g/mol. The summed E-state index contributed by atoms with van der Waals surface area (Å²) in [6, 6.07) is 5.70. The van der Waals surface area contributed by atoms with Crippen LogP contribution in [0.5, 0.6) is 0 Å². The Bertz CT molecular complexity index is 1120. The third-order valence-corrected chi connectivity index (χ3v) is 6.35. The maximum atomic E-state index is 13.4. The third kappa shape index (κ3) is 12.4. The van der Waals surface area contributed by atoms with Gasteiger partial charge >= 0.3 is 12.1 Å². The number of carbonyl (C=O) groups is 6. The molecule has 0 aromatic heterocycles. The van der Waals surface area contributed by atoms with E-state index in [0.717, 1.165) is 5.56 Å². The SMILES string of the molecule is CCOC(=O)/C=C/[C@H](C[C@@H]1CCNC1=O)NC(=O)[C@H](CC(C)C)NC(=O)[C@H](CC(N)=O)NC(=O)OCc1ccccc1. The van der Waals surface area contributed by atoms with Gasteiger partial charge < -0.3 is 36.5 Å². The lowest BCUT2D eigenvalue weighted by Gasteiger charge is -2.26. The fourth-order valence-electron chi connectivity index (χ4n) is 4.32. The molecule has 4 atom stereocenters. The second kappa shape index (κ2) is 17.4. The molecule has 230 valence electrons. The first-order valence-electron chi connectivity index (χ1n) is 14.0. The van der Waals surface area contributed by atoms with Gasteiger partial charge in [-0.05, 0) is 37.7 Å². The van der Waals surface area contributed by atoms with Crippen molar-refractivity contribution in [3.05, 3.63) is 48.0 Å². The molecule has 0 spiro atoms. The minimum absolute atomic E-state index is 0.0337. The highest BCUT2D eigenvalue weighted by atomic mass is 16.5. The number of primary amides is 1. The summed E-state index contributed by atoms with van der Waals surface area (Å²) in [4.78, 5) is 74.7. The number of hydrogen-bond acceptors (Lipinski definition) is 8. The number of nitrogens with one attached hydrogen (secondary N) is 4. The topological polar surface area (TPSA) is 195 Å². The van der Waals surface area contributed by atoms with E-state index in [9.17, 15) is 28.8 Å². The molecule has 1 heterocycles. The van der Waals surface area contributed by atoms with Crippen molar-refractivity contribution in [2.24, 2.45) is 17.6 Å². The lowest BCUT2D eigenvalue weighted by atomic mass is 9.97. The molecule has 13 nitrogen and oxygen atoms in total. The van der Waals surface area contributed by atoms with Crippen LogP contribution < -0.4 is 27.0 Å². The van der Waals surface area contributed by atoms with Crippen LogP contribution in [0.1, 0.15) is 52.0 Å². The predicted octanol–water partition coefficient (Wildman–Crippen LogP) is 0.818. The van der Waals surface area contributed by atoms with Crippen molar-refractivity contribution in [1.29, 1.82) is 0 Å². The van der Waals surface area contributed by atoms with Crippen molar-refractivity contribution in [2.45, 2.75) is 71.2 Å². The average Bonchev–Trinajstić information content (AvgIpc) is 3.33. The number of esters is 1. The third-order valence-electron chi connectivity index (χ3n) is 6.35. The van der Waals surface area contributed by atoms with Gasteiger partial charge in [0.05, 0.1) is 13.0 Å².